The van der Waals surface area contributed by atoms with Crippen molar-refractivity contribution in [2.24, 2.45) is 0 Å². The van der Waals surface area contributed by atoms with Crippen LogP contribution in [0.25, 0.3) is 0 Å². The Bertz CT molecular complexity index is 285. The molecule has 0 radical (unpaired) electrons. The van der Waals surface area contributed by atoms with Gasteiger partial charge < -0.3 is 9.73 Å². The van der Waals surface area contributed by atoms with Crippen LogP contribution in [0.2, 0.25) is 0 Å². The van der Waals surface area contributed by atoms with E-state index in [2.05, 4.69) is 41.2 Å². The Kier molecular flexibility index (Phi) is 6.81. The van der Waals surface area contributed by atoms with Gasteiger partial charge in [0.05, 0.1) is 6.04 Å². The van der Waals surface area contributed by atoms with Gasteiger partial charge in [-0.2, -0.15) is 0 Å². The zero-order valence-electron chi connectivity index (χ0n) is 10.3. The molecule has 1 N–H and O–H groups in total. The van der Waals surface area contributed by atoms with E-state index in [0.717, 1.165) is 23.4 Å². The molecule has 0 aliphatic rings. The van der Waals surface area contributed by atoms with Crippen LogP contribution in [0.4, 0.5) is 0 Å². The molecule has 16 heavy (non-hydrogen) atoms. The number of rotatable bonds is 8. The molecule has 0 bridgehead atoms. The van der Waals surface area contributed by atoms with Crippen molar-refractivity contribution in [2.75, 3.05) is 6.54 Å². The summed E-state index contributed by atoms with van der Waals surface area (Å²) in [6.07, 6.45) is 6.37. The Morgan fingerprint density at radius 1 is 1.25 bits per heavy atom. The lowest BCUT2D eigenvalue weighted by Gasteiger charge is -2.15. The highest BCUT2D eigenvalue weighted by molar-refractivity contribution is 9.10. The van der Waals surface area contributed by atoms with Gasteiger partial charge in [0.1, 0.15) is 5.76 Å². The maximum Gasteiger partial charge on any atom is 0.169 e. The molecule has 0 amide bonds. The number of halogens is 1. The summed E-state index contributed by atoms with van der Waals surface area (Å²) < 4.78 is 6.43. The number of hydrogen-bond donors (Lipinski definition) is 1. The SMILES string of the molecule is CCCCCCC(NCC)c1ccc(Br)o1. The summed E-state index contributed by atoms with van der Waals surface area (Å²) in [5.74, 6) is 1.05. The molecular weight excluding hydrogens is 266 g/mol. The topological polar surface area (TPSA) is 25.2 Å². The lowest BCUT2D eigenvalue weighted by Crippen LogP contribution is -2.20. The van der Waals surface area contributed by atoms with Gasteiger partial charge in [0.25, 0.3) is 0 Å². The standard InChI is InChI=1S/C13H22BrNO/c1-3-5-6-7-8-11(15-4-2)12-9-10-13(14)16-12/h9-11,15H,3-8H2,1-2H3. The van der Waals surface area contributed by atoms with Crippen molar-refractivity contribution in [1.29, 1.82) is 0 Å². The van der Waals surface area contributed by atoms with Crippen LogP contribution in [-0.4, -0.2) is 6.54 Å². The zero-order chi connectivity index (χ0) is 11.8. The number of hydrogen-bond acceptors (Lipinski definition) is 2. The van der Waals surface area contributed by atoms with Gasteiger partial charge in [0.15, 0.2) is 4.67 Å². The van der Waals surface area contributed by atoms with Crippen molar-refractivity contribution in [3.05, 3.63) is 22.6 Å². The molecule has 1 aromatic heterocycles. The summed E-state index contributed by atoms with van der Waals surface area (Å²) in [4.78, 5) is 0. The van der Waals surface area contributed by atoms with Crippen LogP contribution < -0.4 is 5.32 Å². The Morgan fingerprint density at radius 2 is 2.06 bits per heavy atom. The monoisotopic (exact) mass is 287 g/mol. The van der Waals surface area contributed by atoms with Crippen LogP contribution in [0.5, 0.6) is 0 Å². The van der Waals surface area contributed by atoms with Crippen molar-refractivity contribution >= 4 is 15.9 Å². The van der Waals surface area contributed by atoms with Crippen molar-refractivity contribution in [3.8, 4) is 0 Å². The second-order valence-corrected chi connectivity index (χ2v) is 4.88. The summed E-state index contributed by atoms with van der Waals surface area (Å²) in [7, 11) is 0. The normalized spacial score (nSPS) is 12.9. The quantitative estimate of drug-likeness (QED) is 0.704. The minimum absolute atomic E-state index is 0.369. The largest absolute Gasteiger partial charge is 0.453 e. The molecular formula is C13H22BrNO. The van der Waals surface area contributed by atoms with Crippen LogP contribution in [0.1, 0.15) is 57.8 Å². The molecule has 0 spiro atoms. The molecule has 1 atom stereocenters. The minimum Gasteiger partial charge on any atom is -0.453 e. The fourth-order valence-corrected chi connectivity index (χ4v) is 2.20. The van der Waals surface area contributed by atoms with E-state index in [1.54, 1.807) is 0 Å². The van der Waals surface area contributed by atoms with Crippen LogP contribution in [0.15, 0.2) is 21.2 Å². The molecule has 1 aromatic rings. The third kappa shape index (κ3) is 4.71. The van der Waals surface area contributed by atoms with Crippen molar-refractivity contribution < 1.29 is 4.42 Å². The average Bonchev–Trinajstić information content (AvgIpc) is 2.69. The minimum atomic E-state index is 0.369. The van der Waals surface area contributed by atoms with Crippen LogP contribution in [0, 0.1) is 0 Å². The number of furan rings is 1. The molecule has 1 unspecified atom stereocenters. The Morgan fingerprint density at radius 3 is 2.62 bits per heavy atom. The van der Waals surface area contributed by atoms with Crippen molar-refractivity contribution in [2.45, 2.75) is 52.0 Å². The van der Waals surface area contributed by atoms with Crippen LogP contribution >= 0.6 is 15.9 Å². The summed E-state index contributed by atoms with van der Waals surface area (Å²) in [5.41, 5.74) is 0. The summed E-state index contributed by atoms with van der Waals surface area (Å²) in [6, 6.07) is 4.39. The molecule has 0 aromatic carbocycles. The molecule has 0 aliphatic carbocycles. The summed E-state index contributed by atoms with van der Waals surface area (Å²) >= 11 is 3.35. The lowest BCUT2D eigenvalue weighted by molar-refractivity contribution is 0.381. The molecule has 0 saturated carbocycles. The van der Waals surface area contributed by atoms with E-state index in [-0.39, 0.29) is 0 Å². The van der Waals surface area contributed by atoms with Gasteiger partial charge in [0.2, 0.25) is 0 Å². The molecule has 2 nitrogen and oxygen atoms in total. The van der Waals surface area contributed by atoms with Gasteiger partial charge in [-0.05, 0) is 41.0 Å². The van der Waals surface area contributed by atoms with Gasteiger partial charge in [-0.3, -0.25) is 0 Å². The Labute approximate surface area is 107 Å². The Balaban J connectivity index is 2.41. The van der Waals surface area contributed by atoms with Gasteiger partial charge in [-0.15, -0.1) is 0 Å². The third-order valence-corrected chi connectivity index (χ3v) is 3.16. The molecule has 1 heterocycles. The first kappa shape index (κ1) is 13.8. The average molecular weight is 288 g/mol. The maximum absolute atomic E-state index is 5.61. The Hall–Kier alpha value is -0.280. The predicted octanol–water partition coefficient (Wildman–Crippen LogP) is 4.66. The first-order chi connectivity index (χ1) is 7.77. The highest BCUT2D eigenvalue weighted by Gasteiger charge is 2.13. The van der Waals surface area contributed by atoms with Crippen molar-refractivity contribution in [3.63, 3.8) is 0 Å². The van der Waals surface area contributed by atoms with E-state index in [0.29, 0.717) is 6.04 Å². The fourth-order valence-electron chi connectivity index (χ4n) is 1.88. The smallest absolute Gasteiger partial charge is 0.169 e. The molecule has 92 valence electrons. The van der Waals surface area contributed by atoms with Gasteiger partial charge in [-0.25, -0.2) is 0 Å². The van der Waals surface area contributed by atoms with E-state index >= 15 is 0 Å². The summed E-state index contributed by atoms with van der Waals surface area (Å²) in [5, 5.41) is 3.47. The molecule has 0 aliphatic heterocycles. The number of nitrogens with one attached hydrogen (secondary N) is 1. The van der Waals surface area contributed by atoms with Crippen LogP contribution in [0.3, 0.4) is 0 Å². The van der Waals surface area contributed by atoms with Crippen molar-refractivity contribution in [1.82, 2.24) is 5.32 Å². The highest BCUT2D eigenvalue weighted by Crippen LogP contribution is 2.24. The van der Waals surface area contributed by atoms with Gasteiger partial charge in [-0.1, -0.05) is 39.5 Å². The molecule has 0 fully saturated rings. The molecule has 3 heteroatoms. The summed E-state index contributed by atoms with van der Waals surface area (Å²) in [6.45, 7) is 5.36. The molecule has 0 saturated heterocycles. The first-order valence-corrected chi connectivity index (χ1v) is 7.05. The predicted molar refractivity (Wildman–Crippen MR) is 71.6 cm³/mol. The first-order valence-electron chi connectivity index (χ1n) is 6.26. The molecule has 1 rings (SSSR count). The van der Waals surface area contributed by atoms with E-state index < -0.39 is 0 Å². The van der Waals surface area contributed by atoms with Crippen LogP contribution in [-0.2, 0) is 0 Å². The maximum atomic E-state index is 5.61. The number of unbranched alkanes of at least 4 members (excludes halogenated alkanes) is 3. The van der Waals surface area contributed by atoms with E-state index in [1.807, 2.05) is 6.07 Å². The third-order valence-electron chi connectivity index (χ3n) is 2.73. The lowest BCUT2D eigenvalue weighted by atomic mass is 10.1. The van der Waals surface area contributed by atoms with Gasteiger partial charge >= 0.3 is 0 Å². The van der Waals surface area contributed by atoms with E-state index in [4.69, 9.17) is 4.42 Å². The second kappa shape index (κ2) is 7.91. The second-order valence-electron chi connectivity index (χ2n) is 4.10. The van der Waals surface area contributed by atoms with E-state index in [9.17, 15) is 0 Å². The highest BCUT2D eigenvalue weighted by atomic mass is 79.9. The fraction of sp³-hybridized carbons (Fsp3) is 0.692. The zero-order valence-corrected chi connectivity index (χ0v) is 11.8. The van der Waals surface area contributed by atoms with Gasteiger partial charge in [0, 0.05) is 0 Å². The van der Waals surface area contributed by atoms with E-state index in [1.165, 1.54) is 25.7 Å².